The second-order valence-electron chi connectivity index (χ2n) is 2.23. The summed E-state index contributed by atoms with van der Waals surface area (Å²) < 4.78 is 0. The molecule has 0 aliphatic heterocycles. The van der Waals surface area contributed by atoms with Crippen LogP contribution in [-0.2, 0) is 9.63 Å². The molecule has 0 aromatic rings. The largest absolute Gasteiger partial charge is 0.480 e. The Morgan fingerprint density at radius 1 is 1.83 bits per heavy atom. The van der Waals surface area contributed by atoms with E-state index in [0.717, 1.165) is 0 Å². The minimum absolute atomic E-state index is 0.381. The van der Waals surface area contributed by atoms with Gasteiger partial charge in [-0.05, 0) is 19.8 Å². The molecule has 12 heavy (non-hydrogen) atoms. The molecule has 0 aliphatic rings. The fraction of sp³-hybridized carbons (Fsp3) is 0.714. The Morgan fingerprint density at radius 3 is 3.00 bits per heavy atom. The number of carboxylic acids is 1. The van der Waals surface area contributed by atoms with Crippen LogP contribution >= 0.6 is 0 Å². The maximum atomic E-state index is 10.2. The second kappa shape index (κ2) is 6.60. The Labute approximate surface area is 71.2 Å². The normalized spacial score (nSPS) is 13.2. The van der Waals surface area contributed by atoms with Gasteiger partial charge >= 0.3 is 5.97 Å². The Bertz CT molecular complexity index is 159. The smallest absolute Gasteiger partial charge is 0.320 e. The van der Waals surface area contributed by atoms with Gasteiger partial charge in [0.1, 0.15) is 12.6 Å². The highest BCUT2D eigenvalue weighted by Crippen LogP contribution is 1.91. The molecule has 0 aromatic heterocycles. The van der Waals surface area contributed by atoms with Crippen LogP contribution in [0.3, 0.4) is 0 Å². The zero-order chi connectivity index (χ0) is 9.40. The van der Waals surface area contributed by atoms with Crippen molar-refractivity contribution in [2.75, 3.05) is 6.61 Å². The average Bonchev–Trinajstić information content (AvgIpc) is 2.03. The first-order valence-corrected chi connectivity index (χ1v) is 3.80. The first-order chi connectivity index (χ1) is 5.68. The number of carboxylic acid groups (broad SMARTS) is 1. The minimum atomic E-state index is -0.986. The molecular weight excluding hydrogens is 160 g/mol. The molecule has 0 aromatic carbocycles. The van der Waals surface area contributed by atoms with Gasteiger partial charge in [-0.1, -0.05) is 5.16 Å². The van der Waals surface area contributed by atoms with Crippen molar-refractivity contribution in [1.82, 2.24) is 0 Å². The second-order valence-corrected chi connectivity index (χ2v) is 2.23. The lowest BCUT2D eigenvalue weighted by atomic mass is 10.2. The Hall–Kier alpha value is -1.10. The third-order valence-corrected chi connectivity index (χ3v) is 1.20. The first kappa shape index (κ1) is 10.9. The molecule has 70 valence electrons. The van der Waals surface area contributed by atoms with Crippen LogP contribution in [0.4, 0.5) is 0 Å². The standard InChI is InChI=1S/C7H14N2O3/c1-2-12-9-5-3-4-6(8)7(10)11/h5-6H,2-4,8H2,1H3,(H,10,11). The maximum absolute atomic E-state index is 10.2. The van der Waals surface area contributed by atoms with Crippen LogP contribution in [0.25, 0.3) is 0 Å². The van der Waals surface area contributed by atoms with E-state index >= 15 is 0 Å². The number of nitrogens with two attached hydrogens (primary N) is 1. The van der Waals surface area contributed by atoms with Crippen LogP contribution in [0, 0.1) is 0 Å². The molecule has 0 rings (SSSR count). The van der Waals surface area contributed by atoms with Gasteiger partial charge in [0.25, 0.3) is 0 Å². The van der Waals surface area contributed by atoms with Crippen molar-refractivity contribution in [2.45, 2.75) is 25.8 Å². The fourth-order valence-corrected chi connectivity index (χ4v) is 0.558. The Balaban J connectivity index is 3.36. The third-order valence-electron chi connectivity index (χ3n) is 1.20. The van der Waals surface area contributed by atoms with Gasteiger partial charge in [0.15, 0.2) is 0 Å². The summed E-state index contributed by atoms with van der Waals surface area (Å²) in [6.45, 7) is 2.34. The van der Waals surface area contributed by atoms with Gasteiger partial charge in [-0.15, -0.1) is 0 Å². The van der Waals surface area contributed by atoms with Crippen LogP contribution < -0.4 is 5.73 Å². The molecule has 0 radical (unpaired) electrons. The van der Waals surface area contributed by atoms with Gasteiger partial charge in [-0.3, -0.25) is 4.79 Å². The van der Waals surface area contributed by atoms with E-state index in [1.54, 1.807) is 0 Å². The van der Waals surface area contributed by atoms with Crippen molar-refractivity contribution in [1.29, 1.82) is 0 Å². The molecule has 5 heteroatoms. The van der Waals surface area contributed by atoms with E-state index in [2.05, 4.69) is 9.99 Å². The van der Waals surface area contributed by atoms with Gasteiger partial charge in [0, 0.05) is 6.21 Å². The van der Waals surface area contributed by atoms with Crippen LogP contribution in [-0.4, -0.2) is 29.9 Å². The summed E-state index contributed by atoms with van der Waals surface area (Å²) in [5.41, 5.74) is 5.23. The molecule has 0 fully saturated rings. The molecule has 0 heterocycles. The predicted octanol–water partition coefficient (Wildman–Crippen LogP) is 0.201. The quantitative estimate of drug-likeness (QED) is 0.445. The van der Waals surface area contributed by atoms with E-state index in [1.165, 1.54) is 6.21 Å². The average molecular weight is 174 g/mol. The molecule has 1 atom stereocenters. The third kappa shape index (κ3) is 5.67. The molecule has 0 saturated heterocycles. The van der Waals surface area contributed by atoms with Gasteiger partial charge in [0.05, 0.1) is 0 Å². The van der Waals surface area contributed by atoms with Crippen molar-refractivity contribution in [3.05, 3.63) is 0 Å². The summed E-state index contributed by atoms with van der Waals surface area (Å²) in [5.74, 6) is -0.986. The van der Waals surface area contributed by atoms with E-state index in [0.29, 0.717) is 19.4 Å². The SMILES string of the molecule is CCON=CCCC(N)C(=O)O. The number of hydrogen-bond donors (Lipinski definition) is 2. The number of oxime groups is 1. The summed E-state index contributed by atoms with van der Waals surface area (Å²) in [6.07, 6.45) is 2.42. The summed E-state index contributed by atoms with van der Waals surface area (Å²) in [6, 6.07) is -0.807. The van der Waals surface area contributed by atoms with Crippen molar-refractivity contribution < 1.29 is 14.7 Å². The lowest BCUT2D eigenvalue weighted by molar-refractivity contribution is -0.138. The monoisotopic (exact) mass is 174 g/mol. The van der Waals surface area contributed by atoms with E-state index in [4.69, 9.17) is 10.8 Å². The van der Waals surface area contributed by atoms with Crippen LogP contribution in [0.15, 0.2) is 5.16 Å². The number of rotatable bonds is 6. The zero-order valence-electron chi connectivity index (χ0n) is 7.06. The topological polar surface area (TPSA) is 84.9 Å². The van der Waals surface area contributed by atoms with Crippen LogP contribution in [0.5, 0.6) is 0 Å². The van der Waals surface area contributed by atoms with E-state index in [1.807, 2.05) is 6.92 Å². The lowest BCUT2D eigenvalue weighted by Gasteiger charge is -2.01. The molecular formula is C7H14N2O3. The van der Waals surface area contributed by atoms with Gasteiger partial charge in [-0.25, -0.2) is 0 Å². The Kier molecular flexibility index (Phi) is 6.00. The molecule has 0 spiro atoms. The van der Waals surface area contributed by atoms with Crippen molar-refractivity contribution in [2.24, 2.45) is 10.9 Å². The number of nitrogens with zero attached hydrogens (tertiary/aromatic N) is 1. The molecule has 5 nitrogen and oxygen atoms in total. The van der Waals surface area contributed by atoms with E-state index in [9.17, 15) is 4.79 Å². The number of hydrogen-bond acceptors (Lipinski definition) is 4. The molecule has 0 bridgehead atoms. The Morgan fingerprint density at radius 2 is 2.50 bits per heavy atom. The molecule has 0 aliphatic carbocycles. The predicted molar refractivity (Wildman–Crippen MR) is 45.0 cm³/mol. The minimum Gasteiger partial charge on any atom is -0.480 e. The molecule has 3 N–H and O–H groups in total. The van der Waals surface area contributed by atoms with Gasteiger partial charge < -0.3 is 15.7 Å². The van der Waals surface area contributed by atoms with Gasteiger partial charge in [0.2, 0.25) is 0 Å². The highest BCUT2D eigenvalue weighted by molar-refractivity contribution is 5.73. The molecule has 1 unspecified atom stereocenters. The van der Waals surface area contributed by atoms with Crippen molar-refractivity contribution in [3.63, 3.8) is 0 Å². The zero-order valence-corrected chi connectivity index (χ0v) is 7.06. The highest BCUT2D eigenvalue weighted by atomic mass is 16.6. The summed E-state index contributed by atoms with van der Waals surface area (Å²) >= 11 is 0. The van der Waals surface area contributed by atoms with Crippen molar-refractivity contribution >= 4 is 12.2 Å². The maximum Gasteiger partial charge on any atom is 0.320 e. The van der Waals surface area contributed by atoms with E-state index < -0.39 is 12.0 Å². The number of aliphatic carboxylic acids is 1. The van der Waals surface area contributed by atoms with Crippen LogP contribution in [0.2, 0.25) is 0 Å². The summed E-state index contributed by atoms with van der Waals surface area (Å²) in [5, 5.41) is 11.9. The van der Waals surface area contributed by atoms with Gasteiger partial charge in [-0.2, -0.15) is 0 Å². The fourth-order valence-electron chi connectivity index (χ4n) is 0.558. The summed E-state index contributed by atoms with van der Waals surface area (Å²) in [7, 11) is 0. The van der Waals surface area contributed by atoms with Crippen LogP contribution in [0.1, 0.15) is 19.8 Å². The highest BCUT2D eigenvalue weighted by Gasteiger charge is 2.08. The number of carbonyl (C=O) groups is 1. The molecule has 0 amide bonds. The summed E-state index contributed by atoms with van der Waals surface area (Å²) in [4.78, 5) is 14.9. The lowest BCUT2D eigenvalue weighted by Crippen LogP contribution is -2.29. The first-order valence-electron chi connectivity index (χ1n) is 3.80. The van der Waals surface area contributed by atoms with Crippen molar-refractivity contribution in [3.8, 4) is 0 Å². The van der Waals surface area contributed by atoms with E-state index in [-0.39, 0.29) is 0 Å². The molecule has 0 saturated carbocycles.